The Morgan fingerprint density at radius 3 is 2.14 bits per heavy atom. The second kappa shape index (κ2) is 10.3. The number of rotatable bonds is 10. The highest BCUT2D eigenvalue weighted by atomic mass is 16.5. The molecule has 2 aromatic carbocycles. The lowest BCUT2D eigenvalue weighted by Gasteiger charge is -2.33. The van der Waals surface area contributed by atoms with Gasteiger partial charge in [-0.05, 0) is 49.1 Å². The fraction of sp³-hybridized carbons (Fsp3) is 0.364. The number of methoxy groups -OCH3 is 3. The zero-order valence-corrected chi connectivity index (χ0v) is 16.6. The average Bonchev–Trinajstić information content (AvgIpc) is 2.76. The van der Waals surface area contributed by atoms with Crippen LogP contribution in [-0.2, 0) is 24.6 Å². The lowest BCUT2D eigenvalue weighted by Crippen LogP contribution is -2.44. The topological polar surface area (TPSA) is 73.9 Å². The van der Waals surface area contributed by atoms with E-state index in [2.05, 4.69) is 5.32 Å². The molecule has 0 aliphatic rings. The first kappa shape index (κ1) is 21.3. The van der Waals surface area contributed by atoms with Gasteiger partial charge in [-0.15, -0.1) is 0 Å². The molecular weight excluding hydrogens is 358 g/mol. The maximum atomic E-state index is 12.9. The van der Waals surface area contributed by atoms with Crippen LogP contribution in [0.15, 0.2) is 54.6 Å². The van der Waals surface area contributed by atoms with E-state index in [4.69, 9.17) is 14.2 Å². The number of ether oxygens (including phenoxy) is 3. The van der Waals surface area contributed by atoms with Gasteiger partial charge in [-0.1, -0.05) is 30.3 Å². The van der Waals surface area contributed by atoms with Crippen LogP contribution in [0.2, 0.25) is 0 Å². The van der Waals surface area contributed by atoms with E-state index < -0.39 is 5.54 Å². The molecular formula is C22H27NO5. The SMILES string of the molecule is COC(=O)CCCC[C@@](Nc1ccc(OC)cc1)(C(=O)OC)c1ccccc1. The van der Waals surface area contributed by atoms with E-state index in [1.54, 1.807) is 7.11 Å². The van der Waals surface area contributed by atoms with Crippen LogP contribution in [-0.4, -0.2) is 33.3 Å². The minimum atomic E-state index is -1.07. The normalized spacial score (nSPS) is 12.5. The summed E-state index contributed by atoms with van der Waals surface area (Å²) in [5.74, 6) is 0.0890. The Hall–Kier alpha value is -3.02. The van der Waals surface area contributed by atoms with E-state index in [0.29, 0.717) is 25.7 Å². The zero-order valence-electron chi connectivity index (χ0n) is 16.6. The van der Waals surface area contributed by atoms with E-state index >= 15 is 0 Å². The molecule has 0 saturated heterocycles. The molecule has 0 bridgehead atoms. The van der Waals surface area contributed by atoms with Gasteiger partial charge in [0.25, 0.3) is 0 Å². The Bertz CT molecular complexity index is 760. The smallest absolute Gasteiger partial charge is 0.336 e. The van der Waals surface area contributed by atoms with Crippen molar-refractivity contribution in [3.8, 4) is 5.75 Å². The van der Waals surface area contributed by atoms with Gasteiger partial charge in [-0.25, -0.2) is 4.79 Å². The predicted molar refractivity (Wildman–Crippen MR) is 107 cm³/mol. The molecule has 150 valence electrons. The van der Waals surface area contributed by atoms with Crippen LogP contribution in [0.4, 0.5) is 5.69 Å². The fourth-order valence-electron chi connectivity index (χ4n) is 3.13. The minimum absolute atomic E-state index is 0.258. The number of unbranched alkanes of at least 4 members (excludes halogenated alkanes) is 1. The molecule has 0 aliphatic carbocycles. The Labute approximate surface area is 165 Å². The first-order chi connectivity index (χ1) is 13.6. The number of anilines is 1. The Kier molecular flexibility index (Phi) is 7.87. The van der Waals surface area contributed by atoms with Crippen molar-refractivity contribution < 1.29 is 23.8 Å². The number of hydrogen-bond acceptors (Lipinski definition) is 6. The molecule has 1 N–H and O–H groups in total. The first-order valence-corrected chi connectivity index (χ1v) is 9.18. The molecule has 0 fully saturated rings. The monoisotopic (exact) mass is 385 g/mol. The molecule has 0 heterocycles. The molecule has 0 radical (unpaired) electrons. The summed E-state index contributed by atoms with van der Waals surface area (Å²) in [4.78, 5) is 24.4. The van der Waals surface area contributed by atoms with Gasteiger partial charge in [-0.2, -0.15) is 0 Å². The standard InChI is InChI=1S/C22H27NO5/c1-26-19-14-12-18(13-15-19)23-22(21(25)28-3,17-9-5-4-6-10-17)16-8-7-11-20(24)27-2/h4-6,9-10,12-15,23H,7-8,11,16H2,1-3H3/t22-/m0/s1. The van der Waals surface area contributed by atoms with Crippen LogP contribution >= 0.6 is 0 Å². The highest BCUT2D eigenvalue weighted by Crippen LogP contribution is 2.34. The highest BCUT2D eigenvalue weighted by molar-refractivity contribution is 5.86. The van der Waals surface area contributed by atoms with E-state index in [0.717, 1.165) is 17.0 Å². The van der Waals surface area contributed by atoms with Gasteiger partial charge in [-0.3, -0.25) is 4.79 Å². The molecule has 2 rings (SSSR count). The van der Waals surface area contributed by atoms with Crippen LogP contribution in [0.25, 0.3) is 0 Å². The van der Waals surface area contributed by atoms with Crippen molar-refractivity contribution in [1.82, 2.24) is 0 Å². The molecule has 0 aromatic heterocycles. The lowest BCUT2D eigenvalue weighted by molar-refractivity contribution is -0.146. The quantitative estimate of drug-likeness (QED) is 0.494. The maximum absolute atomic E-state index is 12.9. The van der Waals surface area contributed by atoms with E-state index in [-0.39, 0.29) is 11.9 Å². The number of hydrogen-bond donors (Lipinski definition) is 1. The van der Waals surface area contributed by atoms with Crippen molar-refractivity contribution in [1.29, 1.82) is 0 Å². The summed E-state index contributed by atoms with van der Waals surface area (Å²) in [6, 6.07) is 16.8. The second-order valence-corrected chi connectivity index (χ2v) is 6.40. The molecule has 6 nitrogen and oxygen atoms in total. The third-order valence-electron chi connectivity index (χ3n) is 4.66. The third kappa shape index (κ3) is 5.25. The molecule has 6 heteroatoms. The molecule has 0 aliphatic heterocycles. The number of nitrogens with one attached hydrogen (secondary N) is 1. The number of carbonyl (C=O) groups is 2. The summed E-state index contributed by atoms with van der Waals surface area (Å²) in [6.45, 7) is 0. The van der Waals surface area contributed by atoms with Gasteiger partial charge in [0, 0.05) is 12.1 Å². The van der Waals surface area contributed by atoms with Crippen LogP contribution < -0.4 is 10.1 Å². The van der Waals surface area contributed by atoms with E-state index in [1.165, 1.54) is 14.2 Å². The van der Waals surface area contributed by atoms with Gasteiger partial charge in [0.05, 0.1) is 21.3 Å². The lowest BCUT2D eigenvalue weighted by atomic mass is 9.84. The van der Waals surface area contributed by atoms with Crippen molar-refractivity contribution in [2.24, 2.45) is 0 Å². The van der Waals surface area contributed by atoms with Crippen LogP contribution in [0.1, 0.15) is 31.2 Å². The summed E-state index contributed by atoms with van der Waals surface area (Å²) in [7, 11) is 4.35. The largest absolute Gasteiger partial charge is 0.497 e. The van der Waals surface area contributed by atoms with Gasteiger partial charge in [0.15, 0.2) is 5.54 Å². The van der Waals surface area contributed by atoms with Crippen molar-refractivity contribution in [3.05, 3.63) is 60.2 Å². The summed E-state index contributed by atoms with van der Waals surface area (Å²) in [6.07, 6.45) is 2.03. The van der Waals surface area contributed by atoms with Gasteiger partial charge in [0.1, 0.15) is 5.75 Å². The summed E-state index contributed by atoms with van der Waals surface area (Å²) >= 11 is 0. The third-order valence-corrected chi connectivity index (χ3v) is 4.66. The Morgan fingerprint density at radius 1 is 0.893 bits per heavy atom. The molecule has 0 spiro atoms. The van der Waals surface area contributed by atoms with Crippen molar-refractivity contribution in [3.63, 3.8) is 0 Å². The number of benzene rings is 2. The van der Waals surface area contributed by atoms with Crippen LogP contribution in [0.3, 0.4) is 0 Å². The summed E-state index contributed by atoms with van der Waals surface area (Å²) in [5.41, 5.74) is 0.500. The highest BCUT2D eigenvalue weighted by Gasteiger charge is 2.41. The summed E-state index contributed by atoms with van der Waals surface area (Å²) < 4.78 is 15.1. The van der Waals surface area contributed by atoms with Crippen LogP contribution in [0, 0.1) is 0 Å². The van der Waals surface area contributed by atoms with Gasteiger partial charge >= 0.3 is 11.9 Å². The fourth-order valence-corrected chi connectivity index (χ4v) is 3.13. The number of esters is 2. The zero-order chi connectivity index (χ0) is 20.4. The van der Waals surface area contributed by atoms with Crippen molar-refractivity contribution >= 4 is 17.6 Å². The molecule has 0 amide bonds. The minimum Gasteiger partial charge on any atom is -0.497 e. The molecule has 0 unspecified atom stereocenters. The summed E-state index contributed by atoms with van der Waals surface area (Å²) in [5, 5.41) is 3.37. The molecule has 28 heavy (non-hydrogen) atoms. The van der Waals surface area contributed by atoms with Gasteiger partial charge in [0.2, 0.25) is 0 Å². The number of carbonyl (C=O) groups excluding carboxylic acids is 2. The molecule has 0 saturated carbocycles. The maximum Gasteiger partial charge on any atom is 0.336 e. The van der Waals surface area contributed by atoms with E-state index in [9.17, 15) is 9.59 Å². The average molecular weight is 385 g/mol. The van der Waals surface area contributed by atoms with Crippen molar-refractivity contribution in [2.75, 3.05) is 26.6 Å². The first-order valence-electron chi connectivity index (χ1n) is 9.18. The molecule has 2 aromatic rings. The van der Waals surface area contributed by atoms with Gasteiger partial charge < -0.3 is 19.5 Å². The van der Waals surface area contributed by atoms with E-state index in [1.807, 2.05) is 54.6 Å². The molecule has 1 atom stereocenters. The second-order valence-electron chi connectivity index (χ2n) is 6.40. The Morgan fingerprint density at radius 2 is 1.57 bits per heavy atom. The van der Waals surface area contributed by atoms with Crippen LogP contribution in [0.5, 0.6) is 5.75 Å². The predicted octanol–water partition coefficient (Wildman–Crippen LogP) is 3.91. The Balaban J connectivity index is 2.32. The van der Waals surface area contributed by atoms with Crippen molar-refractivity contribution in [2.45, 2.75) is 31.2 Å².